The first-order valence-corrected chi connectivity index (χ1v) is 12.9. The van der Waals surface area contributed by atoms with Crippen molar-refractivity contribution in [1.29, 1.82) is 0 Å². The normalized spacial score (nSPS) is 22.7. The number of thiazole rings is 1. The average molecular weight is 467 g/mol. The minimum absolute atomic E-state index is 0.367. The van der Waals surface area contributed by atoms with Gasteiger partial charge in [-0.05, 0) is 56.8 Å². The molecule has 1 aliphatic heterocycles. The number of likely N-dealkylation sites (tertiary alicyclic amines) is 1. The largest absolute Gasteiger partial charge is 0.440 e. The maximum absolute atomic E-state index is 5.47. The molecule has 166 valence electrons. The second-order valence-corrected chi connectivity index (χ2v) is 11.3. The molecule has 0 N–H and O–H groups in total. The summed E-state index contributed by atoms with van der Waals surface area (Å²) in [6, 6.07) is 6.97. The quantitative estimate of drug-likeness (QED) is 0.294. The van der Waals surface area contributed by atoms with E-state index in [4.69, 9.17) is 9.40 Å². The number of piperidine rings is 1. The number of hydrogen-bond donors (Lipinski definition) is 0. The van der Waals surface area contributed by atoms with Crippen LogP contribution in [0.2, 0.25) is 0 Å². The molecule has 3 aromatic heterocycles. The zero-order valence-corrected chi connectivity index (χ0v) is 20.2. The number of nitrogens with zero attached hydrogens (tertiary/aromatic N) is 6. The van der Waals surface area contributed by atoms with E-state index in [9.17, 15) is 0 Å². The average Bonchev–Trinajstić information content (AvgIpc) is 3.20. The molecule has 4 aromatic rings. The maximum atomic E-state index is 5.47. The lowest BCUT2D eigenvalue weighted by Crippen LogP contribution is -2.27. The summed E-state index contributed by atoms with van der Waals surface area (Å²) in [6.07, 6.45) is 3.92. The minimum atomic E-state index is 0.367. The zero-order chi connectivity index (χ0) is 21.9. The van der Waals surface area contributed by atoms with Crippen LogP contribution < -0.4 is 0 Å². The number of benzene rings is 1. The molecular formula is C23H26N6OS2. The Labute approximate surface area is 195 Å². The Kier molecular flexibility index (Phi) is 4.89. The molecule has 0 radical (unpaired) electrons. The molecule has 0 amide bonds. The lowest BCUT2D eigenvalue weighted by molar-refractivity contribution is 0.299. The van der Waals surface area contributed by atoms with Crippen LogP contribution in [0, 0.1) is 19.8 Å². The molecule has 2 fully saturated rings. The highest BCUT2D eigenvalue weighted by Crippen LogP contribution is 2.59. The first-order chi connectivity index (χ1) is 15.5. The molecule has 2 aliphatic rings. The van der Waals surface area contributed by atoms with Crippen molar-refractivity contribution in [3.05, 3.63) is 40.9 Å². The summed E-state index contributed by atoms with van der Waals surface area (Å²) in [4.78, 5) is 11.5. The van der Waals surface area contributed by atoms with Crippen molar-refractivity contribution in [2.75, 3.05) is 25.4 Å². The summed E-state index contributed by atoms with van der Waals surface area (Å²) >= 11 is 3.55. The second-order valence-electron chi connectivity index (χ2n) is 9.04. The van der Waals surface area contributed by atoms with Gasteiger partial charge >= 0.3 is 0 Å². The summed E-state index contributed by atoms with van der Waals surface area (Å²) < 4.78 is 8.77. The molecule has 4 heterocycles. The molecule has 0 spiro atoms. The van der Waals surface area contributed by atoms with Crippen LogP contribution in [0.1, 0.15) is 29.1 Å². The van der Waals surface area contributed by atoms with Gasteiger partial charge in [-0.3, -0.25) is 0 Å². The summed E-state index contributed by atoms with van der Waals surface area (Å²) in [5.41, 5.74) is 3.87. The molecule has 6 rings (SSSR count). The Morgan fingerprint density at radius 1 is 1.28 bits per heavy atom. The van der Waals surface area contributed by atoms with Crippen molar-refractivity contribution in [3.8, 4) is 11.6 Å². The van der Waals surface area contributed by atoms with Crippen LogP contribution >= 0.6 is 23.1 Å². The molecule has 32 heavy (non-hydrogen) atoms. The fourth-order valence-corrected chi connectivity index (χ4v) is 6.81. The highest BCUT2D eigenvalue weighted by atomic mass is 32.2. The number of rotatable bonds is 7. The Hall–Kier alpha value is -2.23. The molecule has 2 unspecified atom stereocenters. The van der Waals surface area contributed by atoms with Gasteiger partial charge in [0.05, 0.1) is 20.9 Å². The highest BCUT2D eigenvalue weighted by molar-refractivity contribution is 7.99. The molecule has 1 aliphatic carbocycles. The molecule has 1 saturated heterocycles. The monoisotopic (exact) mass is 466 g/mol. The van der Waals surface area contributed by atoms with Gasteiger partial charge in [-0.1, -0.05) is 17.8 Å². The van der Waals surface area contributed by atoms with Gasteiger partial charge in [-0.25, -0.2) is 9.97 Å². The van der Waals surface area contributed by atoms with E-state index in [0.717, 1.165) is 46.3 Å². The van der Waals surface area contributed by atoms with Gasteiger partial charge in [0.25, 0.3) is 0 Å². The smallest absolute Gasteiger partial charge is 0.202 e. The number of aryl methyl sites for hydroxylation is 2. The molecule has 2 atom stereocenters. The zero-order valence-electron chi connectivity index (χ0n) is 18.5. The van der Waals surface area contributed by atoms with Gasteiger partial charge in [0.1, 0.15) is 0 Å². The Bertz CT molecular complexity index is 1290. The number of aromatic nitrogens is 5. The van der Waals surface area contributed by atoms with Crippen LogP contribution in [0.3, 0.4) is 0 Å². The molecule has 1 aromatic carbocycles. The van der Waals surface area contributed by atoms with E-state index in [0.29, 0.717) is 11.2 Å². The number of oxazole rings is 1. The number of thioether (sulfide) groups is 1. The number of fused-ring (bicyclic) bond motifs is 2. The van der Waals surface area contributed by atoms with E-state index >= 15 is 0 Å². The van der Waals surface area contributed by atoms with E-state index in [-0.39, 0.29) is 0 Å². The third kappa shape index (κ3) is 3.38. The lowest BCUT2D eigenvalue weighted by Gasteiger charge is -2.21. The first-order valence-electron chi connectivity index (χ1n) is 11.1. The molecule has 9 heteroatoms. The van der Waals surface area contributed by atoms with Crippen LogP contribution in [0.4, 0.5) is 0 Å². The fraction of sp³-hybridized carbons (Fsp3) is 0.478. The minimum Gasteiger partial charge on any atom is -0.440 e. The maximum Gasteiger partial charge on any atom is 0.202 e. The highest BCUT2D eigenvalue weighted by Gasteiger charge is 2.60. The van der Waals surface area contributed by atoms with Crippen LogP contribution in [-0.4, -0.2) is 55.0 Å². The van der Waals surface area contributed by atoms with Gasteiger partial charge < -0.3 is 13.9 Å². The SMILES string of the molecule is Cc1nc2cc(C34CC3CN(CCCSc3nnc(-c5ocnc5C)n3C)C4)ccc2s1. The van der Waals surface area contributed by atoms with Crippen LogP contribution in [0.25, 0.3) is 21.8 Å². The van der Waals surface area contributed by atoms with Crippen LogP contribution in [-0.2, 0) is 12.5 Å². The fourth-order valence-electron chi connectivity index (χ4n) is 5.16. The Morgan fingerprint density at radius 2 is 2.19 bits per heavy atom. The third-order valence-electron chi connectivity index (χ3n) is 6.92. The number of hydrogen-bond acceptors (Lipinski definition) is 8. The molecule has 1 saturated carbocycles. The predicted octanol–water partition coefficient (Wildman–Crippen LogP) is 4.45. The van der Waals surface area contributed by atoms with Crippen molar-refractivity contribution in [2.45, 2.75) is 37.3 Å². The van der Waals surface area contributed by atoms with Crippen molar-refractivity contribution >= 4 is 33.3 Å². The van der Waals surface area contributed by atoms with Crippen LogP contribution in [0.15, 0.2) is 34.2 Å². The van der Waals surface area contributed by atoms with Crippen molar-refractivity contribution < 1.29 is 4.42 Å². The van der Waals surface area contributed by atoms with Crippen molar-refractivity contribution in [3.63, 3.8) is 0 Å². The van der Waals surface area contributed by atoms with E-state index in [1.165, 1.54) is 41.7 Å². The van der Waals surface area contributed by atoms with Crippen molar-refractivity contribution in [1.82, 2.24) is 29.6 Å². The summed E-state index contributed by atoms with van der Waals surface area (Å²) in [5, 5.41) is 10.7. The van der Waals surface area contributed by atoms with Crippen molar-refractivity contribution in [2.24, 2.45) is 13.0 Å². The predicted molar refractivity (Wildman–Crippen MR) is 127 cm³/mol. The second kappa shape index (κ2) is 7.67. The van der Waals surface area contributed by atoms with Gasteiger partial charge in [-0.15, -0.1) is 21.5 Å². The van der Waals surface area contributed by atoms with E-state index in [1.54, 1.807) is 23.1 Å². The van der Waals surface area contributed by atoms with Gasteiger partial charge in [0.15, 0.2) is 17.3 Å². The van der Waals surface area contributed by atoms with E-state index in [2.05, 4.69) is 45.2 Å². The topological polar surface area (TPSA) is 72.9 Å². The standard InChI is InChI=1S/C23H26N6OS2/c1-14-20(30-13-24-14)21-26-27-22(28(21)3)31-8-4-7-29-11-17-10-23(17,12-29)16-5-6-19-18(9-16)25-15(2)32-19/h5-6,9,13,17H,4,7-8,10-12H2,1-3H3. The first kappa shape index (κ1) is 20.4. The van der Waals surface area contributed by atoms with E-state index < -0.39 is 0 Å². The lowest BCUT2D eigenvalue weighted by atomic mass is 9.95. The summed E-state index contributed by atoms with van der Waals surface area (Å²) in [6.45, 7) is 7.54. The summed E-state index contributed by atoms with van der Waals surface area (Å²) in [7, 11) is 1.98. The molecular weight excluding hydrogens is 440 g/mol. The Morgan fingerprint density at radius 3 is 3.03 bits per heavy atom. The third-order valence-corrected chi connectivity index (χ3v) is 8.98. The van der Waals surface area contributed by atoms with Gasteiger partial charge in [0.2, 0.25) is 5.82 Å². The molecule has 0 bridgehead atoms. The van der Waals surface area contributed by atoms with Gasteiger partial charge in [0, 0.05) is 31.3 Å². The summed E-state index contributed by atoms with van der Waals surface area (Å²) in [5.74, 6) is 3.26. The van der Waals surface area contributed by atoms with Gasteiger partial charge in [-0.2, -0.15) is 0 Å². The van der Waals surface area contributed by atoms with E-state index in [1.807, 2.05) is 18.5 Å². The molecule has 7 nitrogen and oxygen atoms in total. The van der Waals surface area contributed by atoms with Crippen LogP contribution in [0.5, 0.6) is 0 Å². The Balaban J connectivity index is 1.04.